The lowest BCUT2D eigenvalue weighted by Crippen LogP contribution is -2.35. The Labute approximate surface area is 180 Å². The summed E-state index contributed by atoms with van der Waals surface area (Å²) < 4.78 is 23.5. The number of rotatable bonds is 4. The molecule has 31 heavy (non-hydrogen) atoms. The Bertz CT molecular complexity index is 1230. The minimum Gasteiger partial charge on any atom is -0.465 e. The van der Waals surface area contributed by atoms with Crippen LogP contribution < -0.4 is 10.4 Å². The maximum absolute atomic E-state index is 13.1. The van der Waals surface area contributed by atoms with E-state index in [1.165, 1.54) is 49.6 Å². The topological polar surface area (TPSA) is 88.9 Å². The molecule has 0 saturated carbocycles. The molecule has 7 nitrogen and oxygen atoms in total. The first-order valence-corrected chi connectivity index (χ1v) is 9.36. The summed E-state index contributed by atoms with van der Waals surface area (Å²) in [6.45, 7) is 0. The van der Waals surface area contributed by atoms with Gasteiger partial charge in [-0.25, -0.2) is 14.2 Å². The van der Waals surface area contributed by atoms with E-state index in [1.807, 2.05) is 0 Å². The summed E-state index contributed by atoms with van der Waals surface area (Å²) in [4.78, 5) is 36.8. The van der Waals surface area contributed by atoms with Crippen molar-refractivity contribution < 1.29 is 27.9 Å². The molecule has 9 heteroatoms. The smallest absolute Gasteiger partial charge is 0.339 e. The van der Waals surface area contributed by atoms with Gasteiger partial charge < -0.3 is 9.15 Å². The summed E-state index contributed by atoms with van der Waals surface area (Å²) in [5.74, 6) is -1.62. The van der Waals surface area contributed by atoms with Gasteiger partial charge >= 0.3 is 5.97 Å². The van der Waals surface area contributed by atoms with E-state index in [9.17, 15) is 18.8 Å². The quantitative estimate of drug-likeness (QED) is 0.376. The fourth-order valence-corrected chi connectivity index (χ4v) is 3.20. The highest BCUT2D eigenvalue weighted by Crippen LogP contribution is 2.29. The third-order valence-corrected chi connectivity index (χ3v) is 4.88. The third-order valence-electron chi connectivity index (χ3n) is 4.55. The van der Waals surface area contributed by atoms with Crippen molar-refractivity contribution in [1.82, 2.24) is 5.43 Å². The van der Waals surface area contributed by atoms with E-state index in [2.05, 4.69) is 5.43 Å². The molecule has 2 heterocycles. The zero-order valence-electron chi connectivity index (χ0n) is 16.0. The van der Waals surface area contributed by atoms with Crippen molar-refractivity contribution in [3.8, 4) is 11.3 Å². The Morgan fingerprint density at radius 1 is 1.13 bits per heavy atom. The van der Waals surface area contributed by atoms with Crippen molar-refractivity contribution in [2.45, 2.75) is 0 Å². The Morgan fingerprint density at radius 2 is 1.87 bits per heavy atom. The van der Waals surface area contributed by atoms with E-state index >= 15 is 0 Å². The molecule has 2 aromatic carbocycles. The molecule has 1 saturated heterocycles. The van der Waals surface area contributed by atoms with E-state index in [0.29, 0.717) is 17.0 Å². The van der Waals surface area contributed by atoms with Crippen LogP contribution in [-0.4, -0.2) is 24.9 Å². The summed E-state index contributed by atoms with van der Waals surface area (Å²) in [6.07, 6.45) is 1.31. The van der Waals surface area contributed by atoms with E-state index in [0.717, 1.165) is 5.01 Å². The number of benzene rings is 2. The molecule has 4 rings (SSSR count). The number of methoxy groups -OCH3 is 1. The van der Waals surface area contributed by atoms with Gasteiger partial charge in [-0.15, -0.1) is 0 Å². The van der Waals surface area contributed by atoms with Crippen LogP contribution in [0.4, 0.5) is 10.1 Å². The lowest BCUT2D eigenvalue weighted by Gasteiger charge is -2.14. The van der Waals surface area contributed by atoms with Crippen LogP contribution in [0, 0.1) is 5.82 Å². The Morgan fingerprint density at radius 3 is 2.58 bits per heavy atom. The number of hydrogen-bond donors (Lipinski definition) is 1. The number of ether oxygens (including phenoxy) is 1. The average Bonchev–Trinajstić information content (AvgIpc) is 3.34. The van der Waals surface area contributed by atoms with Crippen molar-refractivity contribution >= 4 is 41.1 Å². The number of hydrogen-bond acceptors (Lipinski definition) is 5. The first kappa shape index (κ1) is 20.4. The lowest BCUT2D eigenvalue weighted by molar-refractivity contribution is -0.117. The monoisotopic (exact) mass is 440 g/mol. The van der Waals surface area contributed by atoms with Gasteiger partial charge in [0.1, 0.15) is 22.9 Å². The predicted molar refractivity (Wildman–Crippen MR) is 110 cm³/mol. The van der Waals surface area contributed by atoms with Gasteiger partial charge in [-0.05, 0) is 60.7 Å². The number of amides is 2. The number of carbonyl (C=O) groups is 3. The summed E-state index contributed by atoms with van der Waals surface area (Å²) in [6, 6.07) is 13.1. The fraction of sp³-hybridized carbons (Fsp3) is 0.0455. The molecule has 156 valence electrons. The molecule has 1 N–H and O–H groups in total. The second-order valence-electron chi connectivity index (χ2n) is 6.50. The fourth-order valence-electron chi connectivity index (χ4n) is 3.00. The molecule has 0 aliphatic carbocycles. The predicted octanol–water partition coefficient (Wildman–Crippen LogP) is 3.99. The minimum atomic E-state index is -0.619. The molecule has 1 aliphatic rings. The van der Waals surface area contributed by atoms with Crippen LogP contribution in [0.3, 0.4) is 0 Å². The first-order valence-electron chi connectivity index (χ1n) is 8.98. The van der Waals surface area contributed by atoms with Crippen molar-refractivity contribution in [2.75, 3.05) is 12.1 Å². The molecular weight excluding hydrogens is 427 g/mol. The number of carbonyl (C=O) groups excluding carboxylic acids is 3. The number of nitrogens with one attached hydrogen (secondary N) is 1. The second-order valence-corrected chi connectivity index (χ2v) is 6.91. The van der Waals surface area contributed by atoms with Gasteiger partial charge in [-0.1, -0.05) is 11.6 Å². The standard InChI is InChI=1S/C22H14ClFN2O5/c1-30-22(29)16-10-12(2-8-18(16)23)19-9-7-15(31-19)11-17-20(27)25-26(21(17)28)14-5-3-13(24)4-6-14/h2-11H,1H3,(H,25,27). The third kappa shape index (κ3) is 3.93. The highest BCUT2D eigenvalue weighted by atomic mass is 35.5. The average molecular weight is 441 g/mol. The van der Waals surface area contributed by atoms with Crippen LogP contribution >= 0.6 is 11.6 Å². The SMILES string of the molecule is COC(=O)c1cc(-c2ccc(C=C3C(=O)NN(c4ccc(F)cc4)C3=O)o2)ccc1Cl. The van der Waals surface area contributed by atoms with Crippen LogP contribution in [0.1, 0.15) is 16.1 Å². The van der Waals surface area contributed by atoms with Gasteiger partial charge in [0.25, 0.3) is 11.8 Å². The Balaban J connectivity index is 1.61. The van der Waals surface area contributed by atoms with Crippen LogP contribution in [0.5, 0.6) is 0 Å². The summed E-state index contributed by atoms with van der Waals surface area (Å²) in [5, 5.41) is 1.26. The summed E-state index contributed by atoms with van der Waals surface area (Å²) >= 11 is 6.03. The molecule has 0 bridgehead atoms. The molecule has 0 unspecified atom stereocenters. The van der Waals surface area contributed by atoms with Crippen LogP contribution in [-0.2, 0) is 14.3 Å². The molecule has 2 amide bonds. The second kappa shape index (κ2) is 8.08. The van der Waals surface area contributed by atoms with Gasteiger partial charge in [0.05, 0.1) is 23.4 Å². The van der Waals surface area contributed by atoms with Gasteiger partial charge in [0.15, 0.2) is 0 Å². The number of nitrogens with zero attached hydrogens (tertiary/aromatic N) is 1. The maximum Gasteiger partial charge on any atom is 0.339 e. The van der Waals surface area contributed by atoms with E-state index < -0.39 is 23.6 Å². The number of halogens is 2. The molecule has 1 aromatic heterocycles. The van der Waals surface area contributed by atoms with Crippen molar-refractivity contribution in [2.24, 2.45) is 0 Å². The largest absolute Gasteiger partial charge is 0.465 e. The van der Waals surface area contributed by atoms with Gasteiger partial charge in [-0.2, -0.15) is 0 Å². The first-order chi connectivity index (χ1) is 14.9. The van der Waals surface area contributed by atoms with Gasteiger partial charge in [0.2, 0.25) is 0 Å². The highest BCUT2D eigenvalue weighted by molar-refractivity contribution is 6.33. The molecule has 0 radical (unpaired) electrons. The van der Waals surface area contributed by atoms with Crippen molar-refractivity contribution in [3.63, 3.8) is 0 Å². The zero-order valence-corrected chi connectivity index (χ0v) is 16.8. The van der Waals surface area contributed by atoms with Gasteiger partial charge in [-0.3, -0.25) is 15.0 Å². The Hall–Kier alpha value is -3.91. The van der Waals surface area contributed by atoms with Crippen molar-refractivity contribution in [1.29, 1.82) is 0 Å². The lowest BCUT2D eigenvalue weighted by atomic mass is 10.1. The van der Waals surface area contributed by atoms with Crippen LogP contribution in [0.25, 0.3) is 17.4 Å². The minimum absolute atomic E-state index is 0.142. The molecular formula is C22H14ClFN2O5. The highest BCUT2D eigenvalue weighted by Gasteiger charge is 2.34. The van der Waals surface area contributed by atoms with E-state index in [1.54, 1.807) is 18.2 Å². The number of furan rings is 1. The normalized spacial score (nSPS) is 14.8. The molecule has 0 atom stereocenters. The number of esters is 1. The molecule has 1 aliphatic heterocycles. The van der Waals surface area contributed by atoms with Gasteiger partial charge in [0, 0.05) is 5.56 Å². The summed E-state index contributed by atoms with van der Waals surface area (Å²) in [5.41, 5.74) is 3.34. The molecule has 3 aromatic rings. The zero-order chi connectivity index (χ0) is 22.1. The van der Waals surface area contributed by atoms with Crippen LogP contribution in [0.15, 0.2) is 64.6 Å². The van der Waals surface area contributed by atoms with E-state index in [4.69, 9.17) is 20.8 Å². The van der Waals surface area contributed by atoms with Crippen LogP contribution in [0.2, 0.25) is 5.02 Å². The Kier molecular flexibility index (Phi) is 5.31. The van der Waals surface area contributed by atoms with E-state index in [-0.39, 0.29) is 21.9 Å². The number of hydrazine groups is 1. The molecule has 1 fully saturated rings. The molecule has 0 spiro atoms. The maximum atomic E-state index is 13.1. The van der Waals surface area contributed by atoms with Crippen molar-refractivity contribution in [3.05, 3.63) is 82.3 Å². The number of anilines is 1. The summed E-state index contributed by atoms with van der Waals surface area (Å²) in [7, 11) is 1.25.